The van der Waals surface area contributed by atoms with Gasteiger partial charge >= 0.3 is 6.09 Å². The number of ether oxygens (including phenoxy) is 2. The number of anilines is 1. The van der Waals surface area contributed by atoms with Gasteiger partial charge in [0.25, 0.3) is 0 Å². The zero-order valence-corrected chi connectivity index (χ0v) is 23.9. The molecule has 9 nitrogen and oxygen atoms in total. The minimum absolute atomic E-state index is 0.121. The molecule has 0 radical (unpaired) electrons. The van der Waals surface area contributed by atoms with Crippen LogP contribution in [0.4, 0.5) is 10.6 Å². The molecule has 1 saturated carbocycles. The van der Waals surface area contributed by atoms with Crippen molar-refractivity contribution in [2.75, 3.05) is 38.2 Å². The maximum Gasteiger partial charge on any atom is 0.409 e. The van der Waals surface area contributed by atoms with Crippen LogP contribution >= 0.6 is 23.2 Å². The zero-order chi connectivity index (χ0) is 27.1. The number of likely N-dealkylation sites (tertiary alicyclic amines) is 1. The van der Waals surface area contributed by atoms with Crippen LogP contribution in [0.2, 0.25) is 10.0 Å². The van der Waals surface area contributed by atoms with E-state index in [4.69, 9.17) is 37.7 Å². The third kappa shape index (κ3) is 5.32. The summed E-state index contributed by atoms with van der Waals surface area (Å²) in [7, 11) is 1.45. The molecule has 210 valence electrons. The van der Waals surface area contributed by atoms with Crippen molar-refractivity contribution in [2.24, 2.45) is 11.3 Å². The van der Waals surface area contributed by atoms with Crippen LogP contribution in [-0.2, 0) is 9.47 Å². The van der Waals surface area contributed by atoms with Crippen LogP contribution in [-0.4, -0.2) is 66.4 Å². The van der Waals surface area contributed by atoms with Crippen molar-refractivity contribution in [1.82, 2.24) is 25.7 Å². The molecule has 3 saturated heterocycles. The molecule has 1 amide bonds. The number of pyridine rings is 2. The highest BCUT2D eigenvalue weighted by atomic mass is 35.5. The first-order valence-electron chi connectivity index (χ1n) is 13.8. The van der Waals surface area contributed by atoms with Crippen molar-refractivity contribution >= 4 is 35.1 Å². The first kappa shape index (κ1) is 27.0. The maximum absolute atomic E-state index is 12.0. The highest BCUT2D eigenvalue weighted by molar-refractivity contribution is 6.35. The molecule has 0 aromatic carbocycles. The summed E-state index contributed by atoms with van der Waals surface area (Å²) in [6.07, 6.45) is 10.0. The molecule has 3 aliphatic heterocycles. The molecular weight excluding hydrogens is 539 g/mol. The summed E-state index contributed by atoms with van der Waals surface area (Å²) < 4.78 is 11.4. The number of aromatic nitrogens is 2. The van der Waals surface area contributed by atoms with Gasteiger partial charge in [-0.2, -0.15) is 0 Å². The van der Waals surface area contributed by atoms with E-state index in [0.29, 0.717) is 22.0 Å². The standard InChI is InChI=1S/C28H36Cl2N6O3/c1-17(25-21(29)12-31-13-22(25)30)39-19-5-6-23-20(10-19)26(34-33-23)18-4-7-24(32-11-18)36-15-28(16-36)8-3-9-35(14-28)27(37)38-2/h4,7,11-13,17,19-20,23,26,33-34H,3,5-6,8-10,14-16H2,1-2H3/t17-,19?,20?,23?,26?/m1/s1. The number of rotatable bonds is 5. The van der Waals surface area contributed by atoms with E-state index in [1.807, 2.05) is 18.0 Å². The Morgan fingerprint density at radius 2 is 1.92 bits per heavy atom. The van der Waals surface area contributed by atoms with Crippen LogP contribution in [0.5, 0.6) is 0 Å². The Morgan fingerprint density at radius 3 is 2.64 bits per heavy atom. The molecule has 5 atom stereocenters. The van der Waals surface area contributed by atoms with Gasteiger partial charge in [-0.1, -0.05) is 29.3 Å². The van der Waals surface area contributed by atoms with E-state index in [1.54, 1.807) is 12.4 Å². The lowest BCUT2D eigenvalue weighted by Crippen LogP contribution is -2.63. The maximum atomic E-state index is 12.0. The third-order valence-electron chi connectivity index (χ3n) is 9.00. The Morgan fingerprint density at radius 1 is 1.13 bits per heavy atom. The van der Waals surface area contributed by atoms with E-state index in [1.165, 1.54) is 12.7 Å². The van der Waals surface area contributed by atoms with Crippen LogP contribution in [0.3, 0.4) is 0 Å². The topological polar surface area (TPSA) is 91.9 Å². The predicted octanol–water partition coefficient (Wildman–Crippen LogP) is 4.92. The molecule has 6 rings (SSSR count). The Kier molecular flexibility index (Phi) is 7.63. The van der Waals surface area contributed by atoms with Crippen LogP contribution in [0.25, 0.3) is 0 Å². The van der Waals surface area contributed by atoms with Crippen molar-refractivity contribution < 1.29 is 14.3 Å². The molecular formula is C28H36Cl2N6O3. The summed E-state index contributed by atoms with van der Waals surface area (Å²) in [4.78, 5) is 25.1. The molecule has 2 aromatic heterocycles. The van der Waals surface area contributed by atoms with Gasteiger partial charge in [0.15, 0.2) is 0 Å². The molecule has 1 aliphatic carbocycles. The molecule has 11 heteroatoms. The first-order chi connectivity index (χ1) is 18.9. The lowest BCUT2D eigenvalue weighted by Gasteiger charge is -2.54. The number of nitrogens with zero attached hydrogens (tertiary/aromatic N) is 4. The second-order valence-electron chi connectivity index (χ2n) is 11.6. The van der Waals surface area contributed by atoms with Gasteiger partial charge in [-0.3, -0.25) is 10.4 Å². The number of nitrogens with one attached hydrogen (secondary N) is 2. The van der Waals surface area contributed by atoms with Gasteiger partial charge in [0, 0.05) is 61.8 Å². The lowest BCUT2D eigenvalue weighted by atomic mass is 9.73. The van der Waals surface area contributed by atoms with E-state index in [2.05, 4.69) is 32.9 Å². The Balaban J connectivity index is 1.07. The molecule has 2 N–H and O–H groups in total. The quantitative estimate of drug-likeness (QED) is 0.520. The summed E-state index contributed by atoms with van der Waals surface area (Å²) in [5.41, 5.74) is 9.16. The molecule has 1 spiro atoms. The van der Waals surface area contributed by atoms with Gasteiger partial charge in [0.05, 0.1) is 35.4 Å². The van der Waals surface area contributed by atoms with E-state index in [-0.39, 0.29) is 29.8 Å². The van der Waals surface area contributed by atoms with Gasteiger partial charge in [-0.05, 0) is 56.6 Å². The number of hydrogen-bond acceptors (Lipinski definition) is 8. The Bertz CT molecular complexity index is 1170. The van der Waals surface area contributed by atoms with Gasteiger partial charge in [0.1, 0.15) is 5.82 Å². The highest BCUT2D eigenvalue weighted by Gasteiger charge is 2.47. The first-order valence-corrected chi connectivity index (χ1v) is 14.6. The van der Waals surface area contributed by atoms with Crippen molar-refractivity contribution in [3.8, 4) is 0 Å². The summed E-state index contributed by atoms with van der Waals surface area (Å²) in [6, 6.07) is 4.89. The predicted molar refractivity (Wildman–Crippen MR) is 150 cm³/mol. The molecule has 5 heterocycles. The minimum Gasteiger partial charge on any atom is -0.453 e. The molecule has 39 heavy (non-hydrogen) atoms. The minimum atomic E-state index is -0.222. The fourth-order valence-corrected chi connectivity index (χ4v) is 7.75. The Labute approximate surface area is 239 Å². The number of fused-ring (bicyclic) bond motifs is 1. The molecule has 0 bridgehead atoms. The second-order valence-corrected chi connectivity index (χ2v) is 12.4. The van der Waals surface area contributed by atoms with E-state index in [9.17, 15) is 4.79 Å². The van der Waals surface area contributed by atoms with Gasteiger partial charge in [0.2, 0.25) is 0 Å². The van der Waals surface area contributed by atoms with Crippen LogP contribution in [0, 0.1) is 11.3 Å². The number of amides is 1. The van der Waals surface area contributed by atoms with Gasteiger partial charge in [-0.15, -0.1) is 0 Å². The van der Waals surface area contributed by atoms with E-state index in [0.717, 1.165) is 69.7 Å². The number of halogens is 2. The van der Waals surface area contributed by atoms with Crippen LogP contribution < -0.4 is 15.8 Å². The van der Waals surface area contributed by atoms with Crippen molar-refractivity contribution in [3.05, 3.63) is 51.9 Å². The summed E-state index contributed by atoms with van der Waals surface area (Å²) in [6.45, 7) is 5.38. The second kappa shape index (κ2) is 11.0. The molecule has 4 aliphatic rings. The van der Waals surface area contributed by atoms with Crippen LogP contribution in [0.1, 0.15) is 62.3 Å². The van der Waals surface area contributed by atoms with Gasteiger partial charge in [-0.25, -0.2) is 15.2 Å². The zero-order valence-electron chi connectivity index (χ0n) is 22.4. The summed E-state index contributed by atoms with van der Waals surface area (Å²) >= 11 is 12.7. The molecule has 2 aromatic rings. The van der Waals surface area contributed by atoms with Gasteiger partial charge < -0.3 is 19.3 Å². The lowest BCUT2D eigenvalue weighted by molar-refractivity contribution is -0.0370. The number of hydrogen-bond donors (Lipinski definition) is 2. The number of methoxy groups -OCH3 is 1. The van der Waals surface area contributed by atoms with E-state index >= 15 is 0 Å². The Hall–Kier alpha value is -2.17. The normalized spacial score (nSPS) is 28.6. The number of carbonyl (C=O) groups is 1. The monoisotopic (exact) mass is 574 g/mol. The summed E-state index contributed by atoms with van der Waals surface area (Å²) in [5.74, 6) is 1.39. The average molecular weight is 576 g/mol. The van der Waals surface area contributed by atoms with Crippen LogP contribution in [0.15, 0.2) is 30.7 Å². The fourth-order valence-electron chi connectivity index (χ4n) is 7.08. The highest BCUT2D eigenvalue weighted by Crippen LogP contribution is 2.43. The number of piperidine rings is 1. The number of hydrazine groups is 1. The number of carbonyl (C=O) groups excluding carboxylic acids is 1. The SMILES string of the molecule is COC(=O)N1CCCC2(C1)CN(c1ccc(C3NNC4CCC(O[C@H](C)c5c(Cl)cncc5Cl)CC43)cn1)C2. The van der Waals surface area contributed by atoms with Crippen molar-refractivity contribution in [3.63, 3.8) is 0 Å². The fraction of sp³-hybridized carbons (Fsp3) is 0.607. The average Bonchev–Trinajstić information content (AvgIpc) is 3.34. The van der Waals surface area contributed by atoms with E-state index < -0.39 is 0 Å². The summed E-state index contributed by atoms with van der Waals surface area (Å²) in [5, 5.41) is 1.07. The smallest absolute Gasteiger partial charge is 0.409 e. The third-order valence-corrected chi connectivity index (χ3v) is 9.60. The molecule has 4 unspecified atom stereocenters. The largest absolute Gasteiger partial charge is 0.453 e. The van der Waals surface area contributed by atoms with Crippen molar-refractivity contribution in [1.29, 1.82) is 0 Å². The van der Waals surface area contributed by atoms with Crippen molar-refractivity contribution in [2.45, 2.75) is 63.3 Å². The molecule has 4 fully saturated rings.